The molecule has 0 rings (SSSR count). The van der Waals surface area contributed by atoms with Gasteiger partial charge in [0.2, 0.25) is 0 Å². The molecule has 7 heteroatoms. The highest BCUT2D eigenvalue weighted by Gasteiger charge is 1.96. The van der Waals surface area contributed by atoms with Crippen LogP contribution in [-0.2, 0) is 22.6 Å². The molecule has 0 saturated carbocycles. The number of hydrogen-bond acceptors (Lipinski definition) is 5. The van der Waals surface area contributed by atoms with Crippen LogP contribution in [0.5, 0.6) is 0 Å². The summed E-state index contributed by atoms with van der Waals surface area (Å²) in [5.41, 5.74) is 0. The molecule has 0 unspecified atom stereocenters. The van der Waals surface area contributed by atoms with Crippen LogP contribution in [0.2, 0.25) is 0 Å². The Morgan fingerprint density at radius 1 is 1.00 bits per heavy atom. The van der Waals surface area contributed by atoms with Crippen molar-refractivity contribution in [3.63, 3.8) is 0 Å². The van der Waals surface area contributed by atoms with Gasteiger partial charge in [0.15, 0.2) is 0 Å². The average Bonchev–Trinajstić information content (AvgIpc) is 1.85. The predicted octanol–water partition coefficient (Wildman–Crippen LogP) is -1.87. The number of carbonyl (C=O) groups excluding carboxylic acids is 2. The molecule has 0 radical (unpaired) electrons. The molecular formula is C4H10O5Si2. The third kappa shape index (κ3) is 9.33. The normalized spacial score (nSPS) is 11.1. The molecular weight excluding hydrogens is 184 g/mol. The number of hydrogen-bond donors (Lipinski definition) is 0. The van der Waals surface area contributed by atoms with Crippen LogP contribution in [-0.4, -0.2) is 32.0 Å². The first kappa shape index (κ1) is 10.3. The van der Waals surface area contributed by atoms with E-state index in [4.69, 9.17) is 4.12 Å². The van der Waals surface area contributed by atoms with Crippen LogP contribution >= 0.6 is 0 Å². The van der Waals surface area contributed by atoms with Gasteiger partial charge in [-0.1, -0.05) is 0 Å². The molecule has 0 aromatic rings. The van der Waals surface area contributed by atoms with Crippen molar-refractivity contribution in [1.82, 2.24) is 0 Å². The van der Waals surface area contributed by atoms with E-state index in [1.54, 1.807) is 0 Å². The Kier molecular flexibility index (Phi) is 5.70. The first-order valence-corrected chi connectivity index (χ1v) is 5.28. The molecule has 0 aliphatic heterocycles. The van der Waals surface area contributed by atoms with Gasteiger partial charge in [0, 0.05) is 13.8 Å². The van der Waals surface area contributed by atoms with E-state index in [-0.39, 0.29) is 11.9 Å². The topological polar surface area (TPSA) is 61.8 Å². The highest BCUT2D eigenvalue weighted by Crippen LogP contribution is 1.76. The van der Waals surface area contributed by atoms with Crippen LogP contribution in [0.1, 0.15) is 13.8 Å². The molecule has 0 aromatic carbocycles. The Hall–Kier alpha value is -0.666. The maximum atomic E-state index is 10.2. The second-order valence-electron chi connectivity index (χ2n) is 1.71. The molecule has 0 saturated heterocycles. The predicted molar refractivity (Wildman–Crippen MR) is 41.7 cm³/mol. The summed E-state index contributed by atoms with van der Waals surface area (Å²) >= 11 is 0. The lowest BCUT2D eigenvalue weighted by Crippen LogP contribution is -2.15. The van der Waals surface area contributed by atoms with Crippen LogP contribution in [0.4, 0.5) is 0 Å². The molecule has 11 heavy (non-hydrogen) atoms. The molecule has 0 N–H and O–H groups in total. The first-order chi connectivity index (χ1) is 5.13. The molecule has 0 spiro atoms. The van der Waals surface area contributed by atoms with Crippen molar-refractivity contribution in [3.05, 3.63) is 0 Å². The van der Waals surface area contributed by atoms with Gasteiger partial charge < -0.3 is 13.0 Å². The van der Waals surface area contributed by atoms with E-state index in [9.17, 15) is 9.59 Å². The molecule has 0 bridgehead atoms. The van der Waals surface area contributed by atoms with Crippen LogP contribution in [0.25, 0.3) is 0 Å². The van der Waals surface area contributed by atoms with Gasteiger partial charge in [-0.05, 0) is 0 Å². The average molecular weight is 194 g/mol. The smallest absolute Gasteiger partial charge is 0.360 e. The summed E-state index contributed by atoms with van der Waals surface area (Å²) < 4.78 is 13.9. The van der Waals surface area contributed by atoms with Gasteiger partial charge in [0.1, 0.15) is 0 Å². The van der Waals surface area contributed by atoms with Crippen molar-refractivity contribution < 1.29 is 22.6 Å². The minimum absolute atomic E-state index is 0.353. The van der Waals surface area contributed by atoms with E-state index in [1.165, 1.54) is 13.8 Å². The monoisotopic (exact) mass is 194 g/mol. The van der Waals surface area contributed by atoms with E-state index < -0.39 is 20.0 Å². The van der Waals surface area contributed by atoms with Crippen molar-refractivity contribution in [3.8, 4) is 0 Å². The van der Waals surface area contributed by atoms with E-state index >= 15 is 0 Å². The van der Waals surface area contributed by atoms with Crippen LogP contribution < -0.4 is 0 Å². The molecule has 0 aromatic heterocycles. The van der Waals surface area contributed by atoms with Crippen molar-refractivity contribution in [1.29, 1.82) is 0 Å². The van der Waals surface area contributed by atoms with Gasteiger partial charge in [0.05, 0.1) is 0 Å². The van der Waals surface area contributed by atoms with Crippen LogP contribution in [0.15, 0.2) is 0 Å². The highest BCUT2D eigenvalue weighted by molar-refractivity contribution is 6.37. The molecule has 0 fully saturated rings. The number of carbonyl (C=O) groups is 2. The van der Waals surface area contributed by atoms with Crippen LogP contribution in [0.3, 0.4) is 0 Å². The Bertz CT molecular complexity index is 131. The molecule has 0 aliphatic rings. The summed E-state index contributed by atoms with van der Waals surface area (Å²) in [6, 6.07) is 0. The standard InChI is InChI=1S/C4H10O5Si2/c1-3(5)7-10-9-11-8-4(2)6/h10-11H2,1-2H3. The lowest BCUT2D eigenvalue weighted by Gasteiger charge is -2.02. The zero-order valence-corrected chi connectivity index (χ0v) is 9.28. The summed E-state index contributed by atoms with van der Waals surface area (Å²) in [5, 5.41) is 0. The van der Waals surface area contributed by atoms with Gasteiger partial charge >= 0.3 is 20.0 Å². The van der Waals surface area contributed by atoms with Gasteiger partial charge in [-0.25, -0.2) is 0 Å². The molecule has 0 atom stereocenters. The first-order valence-electron chi connectivity index (χ1n) is 2.97. The molecule has 0 heterocycles. The quantitative estimate of drug-likeness (QED) is 0.387. The third-order valence-corrected chi connectivity index (χ3v) is 3.07. The van der Waals surface area contributed by atoms with E-state index in [2.05, 4.69) is 8.85 Å². The summed E-state index contributed by atoms with van der Waals surface area (Å²) in [4.78, 5) is 20.4. The summed E-state index contributed by atoms with van der Waals surface area (Å²) in [6.45, 7) is 2.62. The largest absolute Gasteiger partial charge is 0.500 e. The molecule has 0 aliphatic carbocycles. The van der Waals surface area contributed by atoms with E-state index in [0.29, 0.717) is 0 Å². The molecule has 0 amide bonds. The second-order valence-corrected chi connectivity index (χ2v) is 4.39. The van der Waals surface area contributed by atoms with Gasteiger partial charge in [0.25, 0.3) is 11.9 Å². The van der Waals surface area contributed by atoms with Crippen molar-refractivity contribution in [2.75, 3.05) is 0 Å². The fourth-order valence-electron chi connectivity index (χ4n) is 0.283. The van der Waals surface area contributed by atoms with Gasteiger partial charge in [-0.15, -0.1) is 0 Å². The summed E-state index contributed by atoms with van der Waals surface area (Å²) in [6.07, 6.45) is 0. The second kappa shape index (κ2) is 6.07. The lowest BCUT2D eigenvalue weighted by atomic mass is 10.9. The van der Waals surface area contributed by atoms with Gasteiger partial charge in [-0.3, -0.25) is 9.59 Å². The Labute approximate surface area is 69.1 Å². The summed E-state index contributed by atoms with van der Waals surface area (Å²) in [5.74, 6) is -0.706. The van der Waals surface area contributed by atoms with Crippen molar-refractivity contribution in [2.45, 2.75) is 13.8 Å². The Balaban J connectivity index is 3.03. The van der Waals surface area contributed by atoms with E-state index in [0.717, 1.165) is 0 Å². The van der Waals surface area contributed by atoms with Gasteiger partial charge in [-0.2, -0.15) is 0 Å². The summed E-state index contributed by atoms with van der Waals surface area (Å²) in [7, 11) is -2.49. The fraction of sp³-hybridized carbons (Fsp3) is 0.500. The number of rotatable bonds is 4. The zero-order chi connectivity index (χ0) is 8.69. The third-order valence-electron chi connectivity index (χ3n) is 0.691. The fourth-order valence-corrected chi connectivity index (χ4v) is 1.55. The lowest BCUT2D eigenvalue weighted by molar-refractivity contribution is -0.132. The highest BCUT2D eigenvalue weighted by atomic mass is 28.3. The Morgan fingerprint density at radius 3 is 1.64 bits per heavy atom. The van der Waals surface area contributed by atoms with Crippen molar-refractivity contribution in [2.24, 2.45) is 0 Å². The maximum absolute atomic E-state index is 10.2. The molecule has 64 valence electrons. The minimum Gasteiger partial charge on any atom is -0.500 e. The minimum atomic E-state index is -1.24. The molecule has 5 nitrogen and oxygen atoms in total. The van der Waals surface area contributed by atoms with Crippen LogP contribution in [0, 0.1) is 0 Å². The van der Waals surface area contributed by atoms with E-state index in [1.807, 2.05) is 0 Å². The maximum Gasteiger partial charge on any atom is 0.360 e. The SMILES string of the molecule is CC(=O)O[SiH2]O[SiH2]OC(C)=O. The Morgan fingerprint density at radius 2 is 1.36 bits per heavy atom. The van der Waals surface area contributed by atoms with Crippen molar-refractivity contribution >= 4 is 32.0 Å². The zero-order valence-electron chi connectivity index (χ0n) is 6.46.